The minimum Gasteiger partial charge on any atom is -0.325 e. The van der Waals surface area contributed by atoms with Crippen LogP contribution in [-0.4, -0.2) is 53.4 Å². The number of amides is 1. The van der Waals surface area contributed by atoms with Crippen LogP contribution in [0.15, 0.2) is 42.6 Å². The second-order valence-electron chi connectivity index (χ2n) is 6.37. The Hall–Kier alpha value is -2.31. The van der Waals surface area contributed by atoms with Gasteiger partial charge < -0.3 is 5.32 Å². The normalized spacial score (nSPS) is 15.9. The van der Waals surface area contributed by atoms with E-state index in [9.17, 15) is 9.18 Å². The molecule has 0 saturated carbocycles. The highest BCUT2D eigenvalue weighted by Gasteiger charge is 2.19. The lowest BCUT2D eigenvalue weighted by Crippen LogP contribution is -2.48. The first-order chi connectivity index (χ1) is 12.1. The van der Waals surface area contributed by atoms with Crippen molar-refractivity contribution in [1.82, 2.24) is 14.8 Å². The van der Waals surface area contributed by atoms with Gasteiger partial charge in [0.05, 0.1) is 12.2 Å². The number of pyridine rings is 1. The highest BCUT2D eigenvalue weighted by molar-refractivity contribution is 5.92. The fourth-order valence-corrected chi connectivity index (χ4v) is 2.94. The van der Waals surface area contributed by atoms with Crippen molar-refractivity contribution in [3.8, 4) is 0 Å². The Morgan fingerprint density at radius 2 is 1.80 bits per heavy atom. The van der Waals surface area contributed by atoms with Crippen LogP contribution >= 0.6 is 0 Å². The third-order valence-corrected chi connectivity index (χ3v) is 4.45. The van der Waals surface area contributed by atoms with E-state index in [0.717, 1.165) is 38.4 Å². The number of nitrogens with one attached hydrogen (secondary N) is 1. The van der Waals surface area contributed by atoms with Crippen molar-refractivity contribution in [2.75, 3.05) is 38.0 Å². The van der Waals surface area contributed by atoms with Crippen molar-refractivity contribution in [1.29, 1.82) is 0 Å². The predicted molar refractivity (Wildman–Crippen MR) is 95.7 cm³/mol. The van der Waals surface area contributed by atoms with E-state index in [4.69, 9.17) is 0 Å². The SMILES string of the molecule is Cc1cccnc1CN1CCN(CC(=O)Nc2ccc(F)cc2)CC1. The van der Waals surface area contributed by atoms with Gasteiger partial charge in [-0.15, -0.1) is 0 Å². The number of carbonyl (C=O) groups excluding carboxylic acids is 1. The van der Waals surface area contributed by atoms with Crippen LogP contribution in [-0.2, 0) is 11.3 Å². The first-order valence-electron chi connectivity index (χ1n) is 8.51. The molecule has 0 bridgehead atoms. The van der Waals surface area contributed by atoms with E-state index in [1.54, 1.807) is 12.1 Å². The molecule has 0 spiro atoms. The third-order valence-electron chi connectivity index (χ3n) is 4.45. The Kier molecular flexibility index (Phi) is 5.73. The van der Waals surface area contributed by atoms with Gasteiger partial charge >= 0.3 is 0 Å². The number of piperazine rings is 1. The lowest BCUT2D eigenvalue weighted by Gasteiger charge is -2.34. The summed E-state index contributed by atoms with van der Waals surface area (Å²) in [5.74, 6) is -0.377. The minimum atomic E-state index is -0.308. The molecule has 2 aromatic rings. The fraction of sp³-hybridized carbons (Fsp3) is 0.368. The van der Waals surface area contributed by atoms with Crippen LogP contribution in [0, 0.1) is 12.7 Å². The van der Waals surface area contributed by atoms with Crippen molar-refractivity contribution < 1.29 is 9.18 Å². The average Bonchev–Trinajstić information content (AvgIpc) is 2.61. The molecule has 0 aliphatic carbocycles. The molecular weight excluding hydrogens is 319 g/mol. The Morgan fingerprint density at radius 1 is 1.12 bits per heavy atom. The van der Waals surface area contributed by atoms with Gasteiger partial charge in [-0.1, -0.05) is 6.07 Å². The van der Waals surface area contributed by atoms with Crippen molar-refractivity contribution in [3.05, 3.63) is 59.7 Å². The number of aromatic nitrogens is 1. The predicted octanol–water partition coefficient (Wildman–Crippen LogP) is 2.29. The van der Waals surface area contributed by atoms with Gasteiger partial charge in [-0.25, -0.2) is 4.39 Å². The van der Waals surface area contributed by atoms with Gasteiger partial charge in [0.25, 0.3) is 0 Å². The van der Waals surface area contributed by atoms with Gasteiger partial charge in [-0.2, -0.15) is 0 Å². The number of aryl methyl sites for hydroxylation is 1. The zero-order valence-electron chi connectivity index (χ0n) is 14.4. The van der Waals surface area contributed by atoms with Crippen molar-refractivity contribution in [3.63, 3.8) is 0 Å². The van der Waals surface area contributed by atoms with Gasteiger partial charge in [-0.3, -0.25) is 19.6 Å². The molecule has 6 heteroatoms. The maximum absolute atomic E-state index is 12.9. The zero-order valence-corrected chi connectivity index (χ0v) is 14.4. The third kappa shape index (κ3) is 5.08. The summed E-state index contributed by atoms with van der Waals surface area (Å²) in [6.45, 7) is 6.82. The Balaban J connectivity index is 1.43. The van der Waals surface area contributed by atoms with Gasteiger partial charge in [0.2, 0.25) is 5.91 Å². The Morgan fingerprint density at radius 3 is 2.48 bits per heavy atom. The minimum absolute atomic E-state index is 0.0689. The molecule has 1 aromatic carbocycles. The lowest BCUT2D eigenvalue weighted by atomic mass is 10.2. The molecule has 1 N–H and O–H groups in total. The molecule has 5 nitrogen and oxygen atoms in total. The maximum atomic E-state index is 12.9. The largest absolute Gasteiger partial charge is 0.325 e. The fourth-order valence-electron chi connectivity index (χ4n) is 2.94. The summed E-state index contributed by atoms with van der Waals surface area (Å²) in [4.78, 5) is 21.1. The number of hydrogen-bond acceptors (Lipinski definition) is 4. The molecule has 1 aliphatic heterocycles. The second-order valence-corrected chi connectivity index (χ2v) is 6.37. The summed E-state index contributed by atoms with van der Waals surface area (Å²) in [6.07, 6.45) is 1.83. The molecule has 0 radical (unpaired) electrons. The smallest absolute Gasteiger partial charge is 0.238 e. The molecule has 1 aliphatic rings. The number of rotatable bonds is 5. The summed E-state index contributed by atoms with van der Waals surface area (Å²) in [7, 11) is 0. The Labute approximate surface area is 147 Å². The van der Waals surface area contributed by atoms with Crippen LogP contribution in [0.25, 0.3) is 0 Å². The van der Waals surface area contributed by atoms with E-state index in [1.165, 1.54) is 17.7 Å². The summed E-state index contributed by atoms with van der Waals surface area (Å²) in [5.41, 5.74) is 2.95. The summed E-state index contributed by atoms with van der Waals surface area (Å²) >= 11 is 0. The molecule has 0 unspecified atom stereocenters. The topological polar surface area (TPSA) is 48.5 Å². The highest BCUT2D eigenvalue weighted by Crippen LogP contribution is 2.11. The molecule has 1 aromatic heterocycles. The number of nitrogens with zero attached hydrogens (tertiary/aromatic N) is 3. The monoisotopic (exact) mass is 342 g/mol. The van der Waals surface area contributed by atoms with Crippen LogP contribution in [0.4, 0.5) is 10.1 Å². The number of benzene rings is 1. The van der Waals surface area contributed by atoms with Gasteiger partial charge in [0.15, 0.2) is 0 Å². The number of halogens is 1. The average molecular weight is 342 g/mol. The number of hydrogen-bond donors (Lipinski definition) is 1. The van der Waals surface area contributed by atoms with Crippen molar-refractivity contribution >= 4 is 11.6 Å². The quantitative estimate of drug-likeness (QED) is 0.906. The molecule has 2 heterocycles. The van der Waals surface area contributed by atoms with Crippen LogP contribution in [0.2, 0.25) is 0 Å². The van der Waals surface area contributed by atoms with E-state index in [-0.39, 0.29) is 11.7 Å². The van der Waals surface area contributed by atoms with Crippen LogP contribution in [0.3, 0.4) is 0 Å². The lowest BCUT2D eigenvalue weighted by molar-refractivity contribution is -0.117. The van der Waals surface area contributed by atoms with E-state index < -0.39 is 0 Å². The number of anilines is 1. The molecule has 1 amide bonds. The highest BCUT2D eigenvalue weighted by atomic mass is 19.1. The molecular formula is C19H23FN4O. The Bertz CT molecular complexity index is 712. The van der Waals surface area contributed by atoms with Gasteiger partial charge in [0.1, 0.15) is 5.82 Å². The summed E-state index contributed by atoms with van der Waals surface area (Å²) in [6, 6.07) is 9.86. The van der Waals surface area contributed by atoms with E-state index in [0.29, 0.717) is 12.2 Å². The molecule has 3 rings (SSSR count). The molecule has 25 heavy (non-hydrogen) atoms. The molecule has 132 valence electrons. The standard InChI is InChI=1S/C19H23FN4O/c1-15-3-2-8-21-18(15)13-23-9-11-24(12-10-23)14-19(25)22-17-6-4-16(20)5-7-17/h2-8H,9-14H2,1H3,(H,22,25). The zero-order chi connectivity index (χ0) is 17.6. The van der Waals surface area contributed by atoms with E-state index >= 15 is 0 Å². The molecule has 1 fully saturated rings. The number of carbonyl (C=O) groups is 1. The first kappa shape index (κ1) is 17.5. The molecule has 0 atom stereocenters. The van der Waals surface area contributed by atoms with E-state index in [2.05, 4.69) is 33.1 Å². The van der Waals surface area contributed by atoms with Crippen LogP contribution in [0.5, 0.6) is 0 Å². The second kappa shape index (κ2) is 8.18. The van der Waals surface area contributed by atoms with Crippen LogP contribution < -0.4 is 5.32 Å². The van der Waals surface area contributed by atoms with E-state index in [1.807, 2.05) is 12.3 Å². The first-order valence-corrected chi connectivity index (χ1v) is 8.51. The van der Waals surface area contributed by atoms with Crippen molar-refractivity contribution in [2.45, 2.75) is 13.5 Å². The van der Waals surface area contributed by atoms with Gasteiger partial charge in [0, 0.05) is 44.6 Å². The summed E-state index contributed by atoms with van der Waals surface area (Å²) < 4.78 is 12.9. The summed E-state index contributed by atoms with van der Waals surface area (Å²) in [5, 5.41) is 2.80. The maximum Gasteiger partial charge on any atom is 0.238 e. The molecule has 1 saturated heterocycles. The van der Waals surface area contributed by atoms with Gasteiger partial charge in [-0.05, 0) is 42.8 Å². The van der Waals surface area contributed by atoms with Crippen LogP contribution in [0.1, 0.15) is 11.3 Å². The van der Waals surface area contributed by atoms with Crippen molar-refractivity contribution in [2.24, 2.45) is 0 Å².